The zero-order valence-electron chi connectivity index (χ0n) is 12.6. The van der Waals surface area contributed by atoms with Gasteiger partial charge in [-0.15, -0.1) is 0 Å². The van der Waals surface area contributed by atoms with Crippen LogP contribution in [-0.2, 0) is 11.8 Å². The van der Waals surface area contributed by atoms with Crippen LogP contribution in [-0.4, -0.2) is 17.6 Å². The zero-order valence-corrected chi connectivity index (χ0v) is 12.6. The van der Waals surface area contributed by atoms with Crippen LogP contribution >= 0.6 is 0 Å². The van der Waals surface area contributed by atoms with Crippen molar-refractivity contribution in [2.24, 2.45) is 5.92 Å². The zero-order chi connectivity index (χ0) is 17.4. The molecular weight excluding hydrogens is 323 g/mol. The fourth-order valence-electron chi connectivity index (χ4n) is 2.76. The monoisotopic (exact) mass is 339 g/mol. The summed E-state index contributed by atoms with van der Waals surface area (Å²) in [5, 5.41) is 13.2. The number of carbonyl (C=O) groups excluding carboxylic acids is 1. The molecule has 2 aromatic rings. The SMILES string of the molecule is O=C(NCC(O)(c1ccco1)C1CC1)c1ccccc1C(F)(F)F. The molecule has 128 valence electrons. The number of furan rings is 1. The highest BCUT2D eigenvalue weighted by Gasteiger charge is 2.47. The minimum Gasteiger partial charge on any atom is -0.466 e. The van der Waals surface area contributed by atoms with Crippen molar-refractivity contribution in [2.75, 3.05) is 6.54 Å². The average Bonchev–Trinajstić information content (AvgIpc) is 3.26. The van der Waals surface area contributed by atoms with Crippen molar-refractivity contribution in [3.8, 4) is 0 Å². The van der Waals surface area contributed by atoms with Crippen LogP contribution < -0.4 is 5.32 Å². The van der Waals surface area contributed by atoms with Gasteiger partial charge in [-0.2, -0.15) is 13.2 Å². The van der Waals surface area contributed by atoms with E-state index in [-0.39, 0.29) is 12.5 Å². The van der Waals surface area contributed by atoms with Crippen molar-refractivity contribution in [3.63, 3.8) is 0 Å². The molecule has 24 heavy (non-hydrogen) atoms. The molecule has 0 aliphatic heterocycles. The molecule has 1 heterocycles. The number of hydrogen-bond acceptors (Lipinski definition) is 3. The Bertz CT molecular complexity index is 723. The molecule has 7 heteroatoms. The molecule has 1 aliphatic rings. The van der Waals surface area contributed by atoms with Crippen molar-refractivity contribution in [1.82, 2.24) is 5.32 Å². The third-order valence-corrected chi connectivity index (χ3v) is 4.20. The minimum atomic E-state index is -4.62. The van der Waals surface area contributed by atoms with Crippen LogP contribution in [0.1, 0.15) is 34.5 Å². The molecule has 0 bridgehead atoms. The summed E-state index contributed by atoms with van der Waals surface area (Å²) in [5.41, 5.74) is -2.88. The van der Waals surface area contributed by atoms with E-state index < -0.39 is 28.8 Å². The van der Waals surface area contributed by atoms with E-state index in [1.54, 1.807) is 12.1 Å². The number of carbonyl (C=O) groups is 1. The molecule has 2 N–H and O–H groups in total. The predicted molar refractivity (Wildman–Crippen MR) is 79.1 cm³/mol. The molecule has 1 atom stereocenters. The van der Waals surface area contributed by atoms with Gasteiger partial charge in [-0.1, -0.05) is 12.1 Å². The number of halogens is 3. The van der Waals surface area contributed by atoms with Gasteiger partial charge in [0.15, 0.2) is 0 Å². The van der Waals surface area contributed by atoms with E-state index >= 15 is 0 Å². The number of amides is 1. The summed E-state index contributed by atoms with van der Waals surface area (Å²) in [6.45, 7) is -0.212. The topological polar surface area (TPSA) is 62.5 Å². The van der Waals surface area contributed by atoms with Crippen molar-refractivity contribution < 1.29 is 27.5 Å². The minimum absolute atomic E-state index is 0.0817. The third-order valence-electron chi connectivity index (χ3n) is 4.20. The van der Waals surface area contributed by atoms with Crippen molar-refractivity contribution in [2.45, 2.75) is 24.6 Å². The summed E-state index contributed by atoms with van der Waals surface area (Å²) in [5.74, 6) is -0.662. The van der Waals surface area contributed by atoms with E-state index in [4.69, 9.17) is 4.42 Å². The van der Waals surface area contributed by atoms with Gasteiger partial charge in [0.25, 0.3) is 5.91 Å². The normalized spacial score (nSPS) is 17.3. The highest BCUT2D eigenvalue weighted by atomic mass is 19.4. The van der Waals surface area contributed by atoms with E-state index in [9.17, 15) is 23.1 Å². The van der Waals surface area contributed by atoms with E-state index in [1.807, 2.05) is 0 Å². The molecule has 1 unspecified atom stereocenters. The van der Waals surface area contributed by atoms with Crippen LogP contribution in [0.2, 0.25) is 0 Å². The Kier molecular flexibility index (Phi) is 4.13. The summed E-state index contributed by atoms with van der Waals surface area (Å²) in [6, 6.07) is 7.76. The highest BCUT2D eigenvalue weighted by Crippen LogP contribution is 2.45. The van der Waals surface area contributed by atoms with E-state index in [2.05, 4.69) is 5.32 Å². The van der Waals surface area contributed by atoms with Gasteiger partial charge in [0.2, 0.25) is 0 Å². The smallest absolute Gasteiger partial charge is 0.417 e. The van der Waals surface area contributed by atoms with Gasteiger partial charge in [0, 0.05) is 0 Å². The van der Waals surface area contributed by atoms with Crippen molar-refractivity contribution in [1.29, 1.82) is 0 Å². The number of benzene rings is 1. The number of hydrogen-bond donors (Lipinski definition) is 2. The van der Waals surface area contributed by atoms with Gasteiger partial charge in [-0.3, -0.25) is 4.79 Å². The Morgan fingerprint density at radius 1 is 1.21 bits per heavy atom. The van der Waals surface area contributed by atoms with Crippen LogP contribution in [0.5, 0.6) is 0 Å². The first kappa shape index (κ1) is 16.6. The summed E-state index contributed by atoms with van der Waals surface area (Å²) >= 11 is 0. The summed E-state index contributed by atoms with van der Waals surface area (Å²) in [6.07, 6.45) is -1.68. The first-order valence-corrected chi connectivity index (χ1v) is 7.53. The molecule has 0 saturated heterocycles. The van der Waals surface area contributed by atoms with Crippen molar-refractivity contribution in [3.05, 3.63) is 59.5 Å². The van der Waals surface area contributed by atoms with Gasteiger partial charge < -0.3 is 14.8 Å². The van der Waals surface area contributed by atoms with E-state index in [1.165, 1.54) is 18.4 Å². The van der Waals surface area contributed by atoms with Gasteiger partial charge in [-0.05, 0) is 43.0 Å². The van der Waals surface area contributed by atoms with Crippen LogP contribution in [0, 0.1) is 5.92 Å². The molecule has 1 amide bonds. The largest absolute Gasteiger partial charge is 0.466 e. The molecule has 0 radical (unpaired) electrons. The lowest BCUT2D eigenvalue weighted by molar-refractivity contribution is -0.137. The standard InChI is InChI=1S/C17H16F3NO3/c18-17(19,20)13-5-2-1-4-12(13)15(22)21-10-16(23,11-7-8-11)14-6-3-9-24-14/h1-6,9,11,23H,7-8,10H2,(H,21,22). The number of nitrogens with one attached hydrogen (secondary N) is 1. The van der Waals surface area contributed by atoms with Gasteiger partial charge >= 0.3 is 6.18 Å². The quantitative estimate of drug-likeness (QED) is 0.878. The first-order chi connectivity index (χ1) is 11.3. The van der Waals surface area contributed by atoms with E-state index in [0.29, 0.717) is 5.76 Å². The maximum absolute atomic E-state index is 13.0. The third kappa shape index (κ3) is 3.17. The summed E-state index contributed by atoms with van der Waals surface area (Å²) < 4.78 is 44.2. The molecule has 1 saturated carbocycles. The second kappa shape index (κ2) is 5.98. The van der Waals surface area contributed by atoms with Gasteiger partial charge in [0.05, 0.1) is 23.9 Å². The predicted octanol–water partition coefficient (Wildman–Crippen LogP) is 3.33. The Hall–Kier alpha value is -2.28. The van der Waals surface area contributed by atoms with Crippen LogP contribution in [0.4, 0.5) is 13.2 Å². The van der Waals surface area contributed by atoms with E-state index in [0.717, 1.165) is 25.0 Å². The molecule has 4 nitrogen and oxygen atoms in total. The molecule has 0 spiro atoms. The molecule has 1 aliphatic carbocycles. The fourth-order valence-corrected chi connectivity index (χ4v) is 2.76. The fraction of sp³-hybridized carbons (Fsp3) is 0.353. The Morgan fingerprint density at radius 3 is 2.50 bits per heavy atom. The molecule has 3 rings (SSSR count). The van der Waals surface area contributed by atoms with Crippen molar-refractivity contribution >= 4 is 5.91 Å². The maximum atomic E-state index is 13.0. The lowest BCUT2D eigenvalue weighted by Crippen LogP contribution is -2.42. The summed E-state index contributed by atoms with van der Waals surface area (Å²) in [7, 11) is 0. The first-order valence-electron chi connectivity index (χ1n) is 7.53. The summed E-state index contributed by atoms with van der Waals surface area (Å²) in [4.78, 5) is 12.2. The molecule has 1 aromatic carbocycles. The second-order valence-corrected chi connectivity index (χ2v) is 5.90. The average molecular weight is 339 g/mol. The van der Waals surface area contributed by atoms with Crippen LogP contribution in [0.25, 0.3) is 0 Å². The highest BCUT2D eigenvalue weighted by molar-refractivity contribution is 5.95. The number of aliphatic hydroxyl groups is 1. The Balaban J connectivity index is 1.79. The Morgan fingerprint density at radius 2 is 1.92 bits per heavy atom. The lowest BCUT2D eigenvalue weighted by Gasteiger charge is -2.26. The number of rotatable bonds is 5. The molecule has 1 fully saturated rings. The lowest BCUT2D eigenvalue weighted by atomic mass is 9.94. The van der Waals surface area contributed by atoms with Gasteiger partial charge in [-0.25, -0.2) is 0 Å². The van der Waals surface area contributed by atoms with Gasteiger partial charge in [0.1, 0.15) is 11.4 Å². The maximum Gasteiger partial charge on any atom is 0.417 e. The number of alkyl halides is 3. The second-order valence-electron chi connectivity index (χ2n) is 5.90. The van der Waals surface area contributed by atoms with Crippen LogP contribution in [0.3, 0.4) is 0 Å². The molecule has 1 aromatic heterocycles. The van der Waals surface area contributed by atoms with Crippen LogP contribution in [0.15, 0.2) is 47.1 Å². The molecular formula is C17H16F3NO3. The Labute approximate surface area is 136 Å².